The fraction of sp³-hybridized carbons (Fsp3) is 0.875. The van der Waals surface area contributed by atoms with Gasteiger partial charge in [-0.1, -0.05) is 34.1 Å². The van der Waals surface area contributed by atoms with Gasteiger partial charge in [0.25, 0.3) is 0 Å². The van der Waals surface area contributed by atoms with Crippen LogP contribution in [0, 0.1) is 17.8 Å². The van der Waals surface area contributed by atoms with Crippen LogP contribution < -0.4 is 16.4 Å². The van der Waals surface area contributed by atoms with E-state index >= 15 is 0 Å². The first kappa shape index (κ1) is 21.2. The molecule has 0 bridgehead atoms. The highest BCUT2D eigenvalue weighted by Crippen LogP contribution is 2.24. The van der Waals surface area contributed by atoms with E-state index in [1.807, 2.05) is 27.7 Å². The van der Waals surface area contributed by atoms with Crippen molar-refractivity contribution in [2.24, 2.45) is 23.5 Å². The van der Waals surface area contributed by atoms with Crippen molar-refractivity contribution < 1.29 is 9.59 Å². The Morgan fingerprint density at radius 1 is 1.18 bits per heavy atom. The molecule has 0 spiro atoms. The average Bonchev–Trinajstić information content (AvgIpc) is 2.81. The molecule has 0 saturated heterocycles. The number of amides is 2. The Hall–Kier alpha value is -0.810. The van der Waals surface area contributed by atoms with Crippen molar-refractivity contribution in [2.45, 2.75) is 65.5 Å². The molecule has 1 rings (SSSR count). The smallest absolute Gasteiger partial charge is 0.243 e. The molecule has 0 heterocycles. The lowest BCUT2D eigenvalue weighted by molar-refractivity contribution is -0.131. The summed E-state index contributed by atoms with van der Waals surface area (Å²) >= 11 is 0. The van der Waals surface area contributed by atoms with Crippen LogP contribution in [-0.4, -0.2) is 30.4 Å². The van der Waals surface area contributed by atoms with Crippen molar-refractivity contribution in [3.63, 3.8) is 0 Å². The Kier molecular flexibility index (Phi) is 9.69. The molecule has 0 aromatic rings. The van der Waals surface area contributed by atoms with Crippen molar-refractivity contribution in [1.29, 1.82) is 0 Å². The number of rotatable bonds is 7. The van der Waals surface area contributed by atoms with E-state index in [4.69, 9.17) is 5.73 Å². The zero-order valence-corrected chi connectivity index (χ0v) is 15.0. The Morgan fingerprint density at radius 2 is 1.82 bits per heavy atom. The molecule has 1 aliphatic rings. The third-order valence-corrected chi connectivity index (χ3v) is 4.15. The van der Waals surface area contributed by atoms with Crippen molar-refractivity contribution in [1.82, 2.24) is 10.6 Å². The number of hydrogen-bond donors (Lipinski definition) is 3. The highest BCUT2D eigenvalue weighted by molar-refractivity contribution is 5.88. The van der Waals surface area contributed by atoms with E-state index in [2.05, 4.69) is 10.6 Å². The van der Waals surface area contributed by atoms with E-state index in [-0.39, 0.29) is 42.1 Å². The van der Waals surface area contributed by atoms with Gasteiger partial charge in [0, 0.05) is 12.5 Å². The monoisotopic (exact) mass is 333 g/mol. The van der Waals surface area contributed by atoms with Crippen LogP contribution in [-0.2, 0) is 9.59 Å². The maximum absolute atomic E-state index is 12.5. The topological polar surface area (TPSA) is 84.2 Å². The first-order valence-electron chi connectivity index (χ1n) is 8.15. The molecular formula is C16H32ClN3O2. The molecule has 1 fully saturated rings. The zero-order chi connectivity index (χ0) is 16.0. The number of halogens is 1. The van der Waals surface area contributed by atoms with Gasteiger partial charge in [-0.2, -0.15) is 0 Å². The SMILES string of the molecule is CC(C)CC(=O)NC(C(=O)NC1CCCC1CN)C(C)C.Cl. The molecular weight excluding hydrogens is 302 g/mol. The van der Waals surface area contributed by atoms with Crippen LogP contribution in [0.1, 0.15) is 53.4 Å². The Balaban J connectivity index is 0.00000441. The van der Waals surface area contributed by atoms with Gasteiger partial charge in [0.05, 0.1) is 0 Å². The van der Waals surface area contributed by atoms with E-state index in [1.54, 1.807) is 0 Å². The summed E-state index contributed by atoms with van der Waals surface area (Å²) in [5.41, 5.74) is 5.75. The summed E-state index contributed by atoms with van der Waals surface area (Å²) in [6, 6.07) is -0.305. The van der Waals surface area contributed by atoms with E-state index in [9.17, 15) is 9.59 Å². The van der Waals surface area contributed by atoms with E-state index < -0.39 is 6.04 Å². The van der Waals surface area contributed by atoms with Gasteiger partial charge in [-0.15, -0.1) is 12.4 Å². The van der Waals surface area contributed by atoms with Crippen LogP contribution in [0.3, 0.4) is 0 Å². The molecule has 6 heteroatoms. The van der Waals surface area contributed by atoms with Gasteiger partial charge in [-0.3, -0.25) is 9.59 Å². The van der Waals surface area contributed by atoms with Crippen LogP contribution in [0.5, 0.6) is 0 Å². The summed E-state index contributed by atoms with van der Waals surface area (Å²) in [7, 11) is 0. The average molecular weight is 334 g/mol. The highest BCUT2D eigenvalue weighted by atomic mass is 35.5. The maximum Gasteiger partial charge on any atom is 0.243 e. The fourth-order valence-corrected chi connectivity index (χ4v) is 2.92. The van der Waals surface area contributed by atoms with Crippen LogP contribution in [0.4, 0.5) is 0 Å². The predicted octanol–water partition coefficient (Wildman–Crippen LogP) is 1.84. The number of nitrogens with two attached hydrogens (primary N) is 1. The van der Waals surface area contributed by atoms with E-state index in [1.165, 1.54) is 0 Å². The van der Waals surface area contributed by atoms with Gasteiger partial charge >= 0.3 is 0 Å². The van der Waals surface area contributed by atoms with Crippen molar-refractivity contribution >= 4 is 24.2 Å². The predicted molar refractivity (Wildman–Crippen MR) is 91.8 cm³/mol. The zero-order valence-electron chi connectivity index (χ0n) is 14.2. The van der Waals surface area contributed by atoms with Gasteiger partial charge < -0.3 is 16.4 Å². The molecule has 1 aliphatic carbocycles. The normalized spacial score (nSPS) is 22.3. The standard InChI is InChI=1S/C16H31N3O2.ClH/c1-10(2)8-14(20)19-15(11(3)4)16(21)18-13-7-5-6-12(13)9-17;/h10-13,15H,5-9,17H2,1-4H3,(H,18,21)(H,19,20);1H. The van der Waals surface area contributed by atoms with Crippen molar-refractivity contribution in [2.75, 3.05) is 6.54 Å². The molecule has 3 unspecified atom stereocenters. The minimum absolute atomic E-state index is 0. The van der Waals surface area contributed by atoms with Gasteiger partial charge in [0.1, 0.15) is 6.04 Å². The van der Waals surface area contributed by atoms with Gasteiger partial charge in [0.2, 0.25) is 11.8 Å². The van der Waals surface area contributed by atoms with Gasteiger partial charge in [-0.25, -0.2) is 0 Å². The quantitative estimate of drug-likeness (QED) is 0.664. The fourth-order valence-electron chi connectivity index (χ4n) is 2.92. The summed E-state index contributed by atoms with van der Waals surface area (Å²) < 4.78 is 0. The molecule has 22 heavy (non-hydrogen) atoms. The number of hydrogen-bond acceptors (Lipinski definition) is 3. The third-order valence-electron chi connectivity index (χ3n) is 4.15. The molecule has 3 atom stereocenters. The first-order chi connectivity index (χ1) is 9.85. The van der Waals surface area contributed by atoms with Crippen LogP contribution in [0.25, 0.3) is 0 Å². The largest absolute Gasteiger partial charge is 0.351 e. The lowest BCUT2D eigenvalue weighted by atomic mass is 9.99. The molecule has 4 N–H and O–H groups in total. The number of carbonyl (C=O) groups is 2. The summed E-state index contributed by atoms with van der Waals surface area (Å²) in [4.78, 5) is 24.4. The molecule has 5 nitrogen and oxygen atoms in total. The molecule has 0 aromatic carbocycles. The van der Waals surface area contributed by atoms with E-state index in [0.29, 0.717) is 18.9 Å². The minimum atomic E-state index is -0.463. The van der Waals surface area contributed by atoms with Crippen LogP contribution >= 0.6 is 12.4 Å². The summed E-state index contributed by atoms with van der Waals surface area (Å²) in [6.45, 7) is 8.50. The maximum atomic E-state index is 12.5. The molecule has 0 aliphatic heterocycles. The summed E-state index contributed by atoms with van der Waals surface area (Å²) in [5, 5.41) is 5.96. The highest BCUT2D eigenvalue weighted by Gasteiger charge is 2.31. The Morgan fingerprint density at radius 3 is 2.32 bits per heavy atom. The third kappa shape index (κ3) is 6.53. The van der Waals surface area contributed by atoms with Crippen LogP contribution in [0.15, 0.2) is 0 Å². The number of carbonyl (C=O) groups excluding carboxylic acids is 2. The Labute approximate surface area is 140 Å². The number of nitrogens with one attached hydrogen (secondary N) is 2. The molecule has 130 valence electrons. The Bertz CT molecular complexity index is 361. The second-order valence-electron chi connectivity index (χ2n) is 6.93. The second-order valence-corrected chi connectivity index (χ2v) is 6.93. The second kappa shape index (κ2) is 10.1. The molecule has 2 amide bonds. The molecule has 0 aromatic heterocycles. The molecule has 1 saturated carbocycles. The first-order valence-corrected chi connectivity index (χ1v) is 8.15. The molecule has 0 radical (unpaired) electrons. The van der Waals surface area contributed by atoms with Crippen molar-refractivity contribution in [3.8, 4) is 0 Å². The lowest BCUT2D eigenvalue weighted by Crippen LogP contribution is -2.53. The van der Waals surface area contributed by atoms with Crippen LogP contribution in [0.2, 0.25) is 0 Å². The minimum Gasteiger partial charge on any atom is -0.351 e. The van der Waals surface area contributed by atoms with Gasteiger partial charge in [-0.05, 0) is 37.1 Å². The summed E-state index contributed by atoms with van der Waals surface area (Å²) in [5.74, 6) is 0.595. The van der Waals surface area contributed by atoms with E-state index in [0.717, 1.165) is 19.3 Å². The lowest BCUT2D eigenvalue weighted by Gasteiger charge is -2.26. The summed E-state index contributed by atoms with van der Waals surface area (Å²) in [6.07, 6.45) is 3.62. The van der Waals surface area contributed by atoms with Crippen molar-refractivity contribution in [3.05, 3.63) is 0 Å². The van der Waals surface area contributed by atoms with Gasteiger partial charge in [0.15, 0.2) is 0 Å².